The van der Waals surface area contributed by atoms with Gasteiger partial charge in [-0.25, -0.2) is 5.43 Å². The van der Waals surface area contributed by atoms with Crippen LogP contribution in [0.25, 0.3) is 0 Å². The lowest BCUT2D eigenvalue weighted by atomic mass is 9.90. The molecule has 0 amide bonds. The van der Waals surface area contributed by atoms with Crippen molar-refractivity contribution in [3.05, 3.63) is 16.9 Å². The standard InChI is InChI=1S/C11H19ClN4O/c1-16-9(8(12)7-14-16)10(15-13)11(17-2)5-3-4-6-11/h7,10,15H,3-6,13H2,1-2H3. The zero-order chi connectivity index (χ0) is 12.5. The van der Waals surface area contributed by atoms with Crippen LogP contribution in [-0.2, 0) is 11.8 Å². The first kappa shape index (κ1) is 12.8. The Morgan fingerprint density at radius 1 is 1.59 bits per heavy atom. The number of rotatable bonds is 4. The Kier molecular flexibility index (Phi) is 3.73. The predicted molar refractivity (Wildman–Crippen MR) is 66.5 cm³/mol. The third-order valence-electron chi connectivity index (χ3n) is 3.76. The summed E-state index contributed by atoms with van der Waals surface area (Å²) in [6.45, 7) is 0. The summed E-state index contributed by atoms with van der Waals surface area (Å²) >= 11 is 6.18. The Balaban J connectivity index is 2.39. The zero-order valence-corrected chi connectivity index (χ0v) is 11.0. The molecule has 1 aliphatic carbocycles. The first-order valence-corrected chi connectivity index (χ1v) is 6.21. The molecular weight excluding hydrogens is 240 g/mol. The van der Waals surface area contributed by atoms with E-state index in [-0.39, 0.29) is 11.6 Å². The minimum atomic E-state index is -0.272. The summed E-state index contributed by atoms with van der Waals surface area (Å²) in [7, 11) is 3.60. The molecule has 6 heteroatoms. The van der Waals surface area contributed by atoms with Gasteiger partial charge in [-0.2, -0.15) is 5.10 Å². The number of hydrogen-bond donors (Lipinski definition) is 2. The van der Waals surface area contributed by atoms with Crippen molar-refractivity contribution in [2.24, 2.45) is 12.9 Å². The van der Waals surface area contributed by atoms with Gasteiger partial charge in [0.1, 0.15) is 0 Å². The SMILES string of the molecule is COC1(C(NN)c2c(Cl)cnn2C)CCCC1. The van der Waals surface area contributed by atoms with Crippen LogP contribution in [-0.4, -0.2) is 22.5 Å². The highest BCUT2D eigenvalue weighted by Crippen LogP contribution is 2.43. The van der Waals surface area contributed by atoms with Crippen molar-refractivity contribution in [2.45, 2.75) is 37.3 Å². The molecular formula is C11H19ClN4O. The summed E-state index contributed by atoms with van der Waals surface area (Å²) in [5.74, 6) is 5.71. The van der Waals surface area contributed by atoms with Gasteiger partial charge in [-0.3, -0.25) is 10.5 Å². The number of aromatic nitrogens is 2. The molecule has 1 saturated carbocycles. The first-order valence-electron chi connectivity index (χ1n) is 5.83. The Morgan fingerprint density at radius 2 is 2.24 bits per heavy atom. The number of hydrogen-bond acceptors (Lipinski definition) is 4. The molecule has 1 unspecified atom stereocenters. The fraction of sp³-hybridized carbons (Fsp3) is 0.727. The van der Waals surface area contributed by atoms with Gasteiger partial charge in [0.25, 0.3) is 0 Å². The maximum absolute atomic E-state index is 6.18. The lowest BCUT2D eigenvalue weighted by Gasteiger charge is -2.36. The third-order valence-corrected chi connectivity index (χ3v) is 4.05. The molecule has 2 rings (SSSR count). The molecule has 0 bridgehead atoms. The molecule has 0 aliphatic heterocycles. The quantitative estimate of drug-likeness (QED) is 0.635. The Morgan fingerprint density at radius 3 is 2.65 bits per heavy atom. The minimum absolute atomic E-state index is 0.130. The van der Waals surface area contributed by atoms with Gasteiger partial charge < -0.3 is 4.74 Å². The molecule has 1 aromatic rings. The van der Waals surface area contributed by atoms with Crippen LogP contribution in [0.4, 0.5) is 0 Å². The molecule has 1 atom stereocenters. The molecule has 1 aromatic heterocycles. The normalized spacial score (nSPS) is 20.7. The molecule has 0 aromatic carbocycles. The van der Waals surface area contributed by atoms with Crippen LogP contribution >= 0.6 is 11.6 Å². The summed E-state index contributed by atoms with van der Waals surface area (Å²) in [6.07, 6.45) is 5.92. The average Bonchev–Trinajstić information content (AvgIpc) is 2.92. The maximum atomic E-state index is 6.18. The Hall–Kier alpha value is -0.620. The monoisotopic (exact) mass is 258 g/mol. The Labute approximate surface area is 106 Å². The molecule has 0 spiro atoms. The van der Waals surface area contributed by atoms with Gasteiger partial charge in [0.15, 0.2) is 0 Å². The van der Waals surface area contributed by atoms with E-state index in [0.29, 0.717) is 5.02 Å². The first-order chi connectivity index (χ1) is 8.14. The highest BCUT2D eigenvalue weighted by Gasteiger charge is 2.44. The van der Waals surface area contributed by atoms with E-state index in [1.54, 1.807) is 18.0 Å². The largest absolute Gasteiger partial charge is 0.376 e. The number of nitrogens with zero attached hydrogens (tertiary/aromatic N) is 2. The van der Waals surface area contributed by atoms with E-state index in [1.165, 1.54) is 0 Å². The van der Waals surface area contributed by atoms with E-state index in [0.717, 1.165) is 31.4 Å². The summed E-state index contributed by atoms with van der Waals surface area (Å²) < 4.78 is 7.50. The number of nitrogens with two attached hydrogens (primary N) is 1. The third kappa shape index (κ3) is 2.08. The molecule has 17 heavy (non-hydrogen) atoms. The van der Waals surface area contributed by atoms with Gasteiger partial charge in [-0.15, -0.1) is 0 Å². The molecule has 1 heterocycles. The van der Waals surface area contributed by atoms with Crippen molar-refractivity contribution in [3.63, 3.8) is 0 Å². The van der Waals surface area contributed by atoms with E-state index in [2.05, 4.69) is 10.5 Å². The number of halogens is 1. The second kappa shape index (κ2) is 4.94. The fourth-order valence-electron chi connectivity index (χ4n) is 2.81. The van der Waals surface area contributed by atoms with Crippen molar-refractivity contribution in [1.82, 2.24) is 15.2 Å². The van der Waals surface area contributed by atoms with Gasteiger partial charge in [0.2, 0.25) is 0 Å². The predicted octanol–water partition coefficient (Wildman–Crippen LogP) is 1.54. The van der Waals surface area contributed by atoms with Crippen LogP contribution in [0.15, 0.2) is 6.20 Å². The smallest absolute Gasteiger partial charge is 0.0933 e. The molecule has 3 N–H and O–H groups in total. The van der Waals surface area contributed by atoms with E-state index in [4.69, 9.17) is 22.2 Å². The topological polar surface area (TPSA) is 65.1 Å². The number of ether oxygens (including phenoxy) is 1. The lowest BCUT2D eigenvalue weighted by molar-refractivity contribution is -0.0388. The van der Waals surface area contributed by atoms with Gasteiger partial charge in [-0.05, 0) is 12.8 Å². The summed E-state index contributed by atoms with van der Waals surface area (Å²) in [5, 5.41) is 4.78. The summed E-state index contributed by atoms with van der Waals surface area (Å²) in [5.41, 5.74) is 3.46. The van der Waals surface area contributed by atoms with Crippen molar-refractivity contribution in [3.8, 4) is 0 Å². The van der Waals surface area contributed by atoms with E-state index in [9.17, 15) is 0 Å². The highest BCUT2D eigenvalue weighted by atomic mass is 35.5. The number of methoxy groups -OCH3 is 1. The van der Waals surface area contributed by atoms with Crippen molar-refractivity contribution >= 4 is 11.6 Å². The van der Waals surface area contributed by atoms with E-state index >= 15 is 0 Å². The second-order valence-corrected chi connectivity index (χ2v) is 4.98. The van der Waals surface area contributed by atoms with Gasteiger partial charge in [0.05, 0.1) is 28.6 Å². The number of hydrazine groups is 1. The van der Waals surface area contributed by atoms with Crippen molar-refractivity contribution in [1.29, 1.82) is 0 Å². The van der Waals surface area contributed by atoms with E-state index < -0.39 is 0 Å². The molecule has 1 fully saturated rings. The maximum Gasteiger partial charge on any atom is 0.0933 e. The fourth-order valence-corrected chi connectivity index (χ4v) is 3.08. The van der Waals surface area contributed by atoms with Gasteiger partial charge in [-0.1, -0.05) is 24.4 Å². The van der Waals surface area contributed by atoms with Crippen LogP contribution in [0.3, 0.4) is 0 Å². The minimum Gasteiger partial charge on any atom is -0.376 e. The Bertz CT molecular complexity index is 367. The molecule has 1 aliphatic rings. The van der Waals surface area contributed by atoms with Crippen LogP contribution in [0.5, 0.6) is 0 Å². The number of nitrogens with one attached hydrogen (secondary N) is 1. The van der Waals surface area contributed by atoms with Gasteiger partial charge in [0, 0.05) is 14.2 Å². The van der Waals surface area contributed by atoms with Crippen LogP contribution < -0.4 is 11.3 Å². The molecule has 0 saturated heterocycles. The zero-order valence-electron chi connectivity index (χ0n) is 10.2. The van der Waals surface area contributed by atoms with Crippen LogP contribution in [0, 0.1) is 0 Å². The van der Waals surface area contributed by atoms with Gasteiger partial charge >= 0.3 is 0 Å². The van der Waals surface area contributed by atoms with E-state index in [1.807, 2.05) is 7.05 Å². The molecule has 0 radical (unpaired) electrons. The van der Waals surface area contributed by atoms with Crippen molar-refractivity contribution in [2.75, 3.05) is 7.11 Å². The number of aryl methyl sites for hydroxylation is 1. The molecule has 5 nitrogen and oxygen atoms in total. The summed E-state index contributed by atoms with van der Waals surface area (Å²) in [4.78, 5) is 0. The second-order valence-electron chi connectivity index (χ2n) is 4.58. The lowest BCUT2D eigenvalue weighted by Crippen LogP contribution is -2.47. The average molecular weight is 259 g/mol. The van der Waals surface area contributed by atoms with Crippen molar-refractivity contribution < 1.29 is 4.74 Å². The highest BCUT2D eigenvalue weighted by molar-refractivity contribution is 6.31. The summed E-state index contributed by atoms with van der Waals surface area (Å²) in [6, 6.07) is -0.130. The van der Waals surface area contributed by atoms with Crippen LogP contribution in [0.2, 0.25) is 5.02 Å². The van der Waals surface area contributed by atoms with Crippen LogP contribution in [0.1, 0.15) is 37.4 Å². The molecule has 96 valence electrons.